The summed E-state index contributed by atoms with van der Waals surface area (Å²) in [4.78, 5) is 12.4. The summed E-state index contributed by atoms with van der Waals surface area (Å²) >= 11 is 0. The molecule has 1 saturated carbocycles. The summed E-state index contributed by atoms with van der Waals surface area (Å²) in [6, 6.07) is 0. The summed E-state index contributed by atoms with van der Waals surface area (Å²) in [6.07, 6.45) is 5.78. The number of carbonyl (C=O) groups excluding carboxylic acids is 1. The third-order valence-electron chi connectivity index (χ3n) is 4.66. The van der Waals surface area contributed by atoms with Gasteiger partial charge in [0.05, 0.1) is 12.2 Å². The lowest BCUT2D eigenvalue weighted by atomic mass is 9.74. The summed E-state index contributed by atoms with van der Waals surface area (Å²) in [6.45, 7) is 6.12. The van der Waals surface area contributed by atoms with Gasteiger partial charge in [-0.05, 0) is 32.6 Å². The molecule has 2 fully saturated rings. The molecule has 2 rings (SSSR count). The first kappa shape index (κ1) is 14.8. The van der Waals surface area contributed by atoms with Gasteiger partial charge in [-0.25, -0.2) is 0 Å². The van der Waals surface area contributed by atoms with E-state index in [9.17, 15) is 4.79 Å². The Morgan fingerprint density at radius 1 is 1.21 bits per heavy atom. The second-order valence-electron chi connectivity index (χ2n) is 6.44. The van der Waals surface area contributed by atoms with Gasteiger partial charge in [-0.2, -0.15) is 0 Å². The summed E-state index contributed by atoms with van der Waals surface area (Å²) < 4.78 is 11.4. The van der Waals surface area contributed by atoms with Crippen molar-refractivity contribution in [2.24, 2.45) is 11.7 Å². The molecule has 0 aromatic carbocycles. The van der Waals surface area contributed by atoms with Crippen molar-refractivity contribution >= 4 is 5.97 Å². The zero-order valence-electron chi connectivity index (χ0n) is 12.4. The van der Waals surface area contributed by atoms with Crippen molar-refractivity contribution in [3.8, 4) is 0 Å². The van der Waals surface area contributed by atoms with Gasteiger partial charge in [-0.1, -0.05) is 19.8 Å². The number of hydrogen-bond acceptors (Lipinski definition) is 4. The highest BCUT2D eigenvalue weighted by atomic mass is 16.6. The van der Waals surface area contributed by atoms with E-state index in [1.807, 2.05) is 13.8 Å². The number of nitrogens with two attached hydrogens (primary N) is 1. The Hall–Kier alpha value is -0.610. The smallest absolute Gasteiger partial charge is 0.326 e. The van der Waals surface area contributed by atoms with E-state index in [0.29, 0.717) is 0 Å². The van der Waals surface area contributed by atoms with Crippen LogP contribution in [0.1, 0.15) is 59.3 Å². The summed E-state index contributed by atoms with van der Waals surface area (Å²) in [7, 11) is 0. The van der Waals surface area contributed by atoms with Crippen molar-refractivity contribution in [3.63, 3.8) is 0 Å². The van der Waals surface area contributed by atoms with Gasteiger partial charge in [0.15, 0.2) is 0 Å². The zero-order valence-corrected chi connectivity index (χ0v) is 12.4. The molecule has 4 heteroatoms. The van der Waals surface area contributed by atoms with Crippen LogP contribution < -0.4 is 5.73 Å². The predicted octanol–water partition coefficient (Wildman–Crippen LogP) is 2.39. The minimum atomic E-state index is -0.775. The van der Waals surface area contributed by atoms with Crippen LogP contribution in [0.25, 0.3) is 0 Å². The normalized spacial score (nSPS) is 43.8. The van der Waals surface area contributed by atoms with E-state index >= 15 is 0 Å². The third-order valence-corrected chi connectivity index (χ3v) is 4.66. The first-order valence-corrected chi connectivity index (χ1v) is 7.57. The largest absolute Gasteiger partial charge is 0.461 e. The van der Waals surface area contributed by atoms with Gasteiger partial charge in [0.25, 0.3) is 0 Å². The molecule has 0 radical (unpaired) electrons. The van der Waals surface area contributed by atoms with Gasteiger partial charge in [0.2, 0.25) is 0 Å². The highest BCUT2D eigenvalue weighted by Gasteiger charge is 2.44. The standard InChI is InChI=1S/C15H27NO3/c1-10-6-4-5-7-15(10,16)14(17)19-13-8-11(2)18-12(3)9-13/h10-13H,4-9,16H2,1-3H3. The summed E-state index contributed by atoms with van der Waals surface area (Å²) in [5.41, 5.74) is 5.55. The molecule has 4 unspecified atom stereocenters. The molecule has 1 saturated heterocycles. The van der Waals surface area contributed by atoms with Crippen LogP contribution in [-0.4, -0.2) is 29.8 Å². The SMILES string of the molecule is CC1CC(OC(=O)C2(N)CCCCC2C)CC(C)O1. The van der Waals surface area contributed by atoms with Gasteiger partial charge in [0, 0.05) is 12.8 Å². The zero-order chi connectivity index (χ0) is 14.0. The minimum Gasteiger partial charge on any atom is -0.461 e. The average Bonchev–Trinajstić information content (AvgIpc) is 2.31. The van der Waals surface area contributed by atoms with Gasteiger partial charge in [-0.15, -0.1) is 0 Å². The fourth-order valence-electron chi connectivity index (χ4n) is 3.38. The Morgan fingerprint density at radius 3 is 2.42 bits per heavy atom. The maximum atomic E-state index is 12.4. The Bertz CT molecular complexity index is 323. The van der Waals surface area contributed by atoms with Crippen LogP contribution in [0.2, 0.25) is 0 Å². The molecule has 2 N–H and O–H groups in total. The molecule has 0 amide bonds. The van der Waals surface area contributed by atoms with Crippen molar-refractivity contribution in [3.05, 3.63) is 0 Å². The second kappa shape index (κ2) is 5.80. The Labute approximate surface area is 116 Å². The number of carbonyl (C=O) groups is 1. The number of hydrogen-bond donors (Lipinski definition) is 1. The van der Waals surface area contributed by atoms with E-state index in [1.54, 1.807) is 0 Å². The molecule has 4 atom stereocenters. The monoisotopic (exact) mass is 269 g/mol. The highest BCUT2D eigenvalue weighted by molar-refractivity contribution is 5.81. The molecule has 1 heterocycles. The number of ether oxygens (including phenoxy) is 2. The van der Waals surface area contributed by atoms with Gasteiger partial charge >= 0.3 is 5.97 Å². The molecule has 0 aromatic heterocycles. The summed E-state index contributed by atoms with van der Waals surface area (Å²) in [5, 5.41) is 0. The Kier molecular flexibility index (Phi) is 4.51. The molecule has 0 spiro atoms. The number of rotatable bonds is 2. The van der Waals surface area contributed by atoms with Gasteiger partial charge < -0.3 is 15.2 Å². The molecule has 2 aliphatic rings. The van der Waals surface area contributed by atoms with Crippen LogP contribution in [-0.2, 0) is 14.3 Å². The molecule has 0 aromatic rings. The fourth-order valence-corrected chi connectivity index (χ4v) is 3.38. The fraction of sp³-hybridized carbons (Fsp3) is 0.933. The van der Waals surface area contributed by atoms with Gasteiger partial charge in [0.1, 0.15) is 11.6 Å². The summed E-state index contributed by atoms with van der Waals surface area (Å²) in [5.74, 6) is 0.00874. The molecule has 1 aliphatic carbocycles. The topological polar surface area (TPSA) is 61.5 Å². The lowest BCUT2D eigenvalue weighted by molar-refractivity contribution is -0.169. The van der Waals surface area contributed by atoms with E-state index in [0.717, 1.165) is 32.1 Å². The Morgan fingerprint density at radius 2 is 1.84 bits per heavy atom. The highest BCUT2D eigenvalue weighted by Crippen LogP contribution is 2.33. The molecular weight excluding hydrogens is 242 g/mol. The average molecular weight is 269 g/mol. The molecule has 4 nitrogen and oxygen atoms in total. The van der Waals surface area contributed by atoms with Crippen molar-refractivity contribution in [1.29, 1.82) is 0 Å². The van der Waals surface area contributed by atoms with Crippen LogP contribution in [0.3, 0.4) is 0 Å². The Balaban J connectivity index is 1.96. The van der Waals surface area contributed by atoms with E-state index < -0.39 is 5.54 Å². The lowest BCUT2D eigenvalue weighted by Gasteiger charge is -2.39. The first-order chi connectivity index (χ1) is 8.91. The van der Waals surface area contributed by atoms with Crippen LogP contribution in [0.4, 0.5) is 0 Å². The van der Waals surface area contributed by atoms with E-state index in [2.05, 4.69) is 6.92 Å². The molecule has 110 valence electrons. The molecule has 0 bridgehead atoms. The van der Waals surface area contributed by atoms with Crippen LogP contribution in [0.5, 0.6) is 0 Å². The third kappa shape index (κ3) is 3.29. The van der Waals surface area contributed by atoms with Crippen molar-refractivity contribution in [2.45, 2.75) is 83.1 Å². The van der Waals surface area contributed by atoms with Gasteiger partial charge in [-0.3, -0.25) is 4.79 Å². The maximum Gasteiger partial charge on any atom is 0.326 e. The van der Waals surface area contributed by atoms with Crippen molar-refractivity contribution < 1.29 is 14.3 Å². The quantitative estimate of drug-likeness (QED) is 0.782. The maximum absolute atomic E-state index is 12.4. The van der Waals surface area contributed by atoms with Crippen LogP contribution in [0, 0.1) is 5.92 Å². The number of esters is 1. The van der Waals surface area contributed by atoms with E-state index in [1.165, 1.54) is 6.42 Å². The van der Waals surface area contributed by atoms with Crippen LogP contribution in [0.15, 0.2) is 0 Å². The first-order valence-electron chi connectivity index (χ1n) is 7.57. The van der Waals surface area contributed by atoms with Crippen molar-refractivity contribution in [2.75, 3.05) is 0 Å². The minimum absolute atomic E-state index is 0.0409. The molecule has 19 heavy (non-hydrogen) atoms. The van der Waals surface area contributed by atoms with E-state index in [4.69, 9.17) is 15.2 Å². The lowest BCUT2D eigenvalue weighted by Crippen LogP contribution is -2.56. The molecular formula is C15H27NO3. The molecule has 1 aliphatic heterocycles. The predicted molar refractivity (Wildman–Crippen MR) is 73.7 cm³/mol. The van der Waals surface area contributed by atoms with E-state index in [-0.39, 0.29) is 30.2 Å². The second-order valence-corrected chi connectivity index (χ2v) is 6.44. The van der Waals surface area contributed by atoms with Crippen molar-refractivity contribution in [1.82, 2.24) is 0 Å². The van der Waals surface area contributed by atoms with Crippen LogP contribution >= 0.6 is 0 Å².